The third-order valence-electron chi connectivity index (χ3n) is 4.83. The minimum atomic E-state index is -0.249. The van der Waals surface area contributed by atoms with Gasteiger partial charge in [-0.05, 0) is 24.3 Å². The topological polar surface area (TPSA) is 72.6 Å². The molecule has 6 nitrogen and oxygen atoms in total. The lowest BCUT2D eigenvalue weighted by Crippen LogP contribution is -2.40. The molecular weight excluding hydrogens is 376 g/mol. The first-order chi connectivity index (χ1) is 13.7. The molecule has 0 aliphatic carbocycles. The van der Waals surface area contributed by atoms with Crippen LogP contribution in [0.1, 0.15) is 28.3 Å². The van der Waals surface area contributed by atoms with Crippen molar-refractivity contribution >= 4 is 23.2 Å². The number of likely N-dealkylation sites (tertiary alicyclic amines) is 1. The molecule has 0 atom stereocenters. The van der Waals surface area contributed by atoms with Crippen LogP contribution in [0.15, 0.2) is 58.4 Å². The van der Waals surface area contributed by atoms with Crippen molar-refractivity contribution in [2.75, 3.05) is 13.1 Å². The maximum absolute atomic E-state index is 12.4. The predicted octanol–water partition coefficient (Wildman–Crippen LogP) is 4.00. The summed E-state index contributed by atoms with van der Waals surface area (Å²) in [5, 5.41) is 5.91. The second kappa shape index (κ2) is 8.39. The Balaban J connectivity index is 1.26. The molecule has 144 valence electrons. The number of carbonyl (C=O) groups excluding carboxylic acids is 2. The molecule has 4 rings (SSSR count). The molecule has 0 unspecified atom stereocenters. The molecule has 0 saturated carbocycles. The van der Waals surface area contributed by atoms with Crippen LogP contribution in [0.2, 0.25) is 0 Å². The number of aromatic nitrogens is 1. The van der Waals surface area contributed by atoms with Crippen LogP contribution in [0, 0.1) is 5.92 Å². The van der Waals surface area contributed by atoms with Crippen LogP contribution in [0.3, 0.4) is 0 Å². The predicted molar refractivity (Wildman–Crippen MR) is 105 cm³/mol. The Bertz CT molecular complexity index is 928. The average Bonchev–Trinajstić information content (AvgIpc) is 3.44. The van der Waals surface area contributed by atoms with Gasteiger partial charge in [-0.1, -0.05) is 41.6 Å². The Morgan fingerprint density at radius 3 is 2.64 bits per heavy atom. The highest BCUT2D eigenvalue weighted by atomic mass is 32.1. The number of carbonyl (C=O) groups is 2. The van der Waals surface area contributed by atoms with E-state index in [9.17, 15) is 9.59 Å². The fraction of sp³-hybridized carbons (Fsp3) is 0.286. The van der Waals surface area contributed by atoms with Gasteiger partial charge >= 0.3 is 5.97 Å². The summed E-state index contributed by atoms with van der Waals surface area (Å²) in [5.41, 5.74) is 1.67. The molecule has 0 bridgehead atoms. The summed E-state index contributed by atoms with van der Waals surface area (Å²) in [6.07, 6.45) is 1.23. The van der Waals surface area contributed by atoms with Crippen LogP contribution < -0.4 is 0 Å². The monoisotopic (exact) mass is 396 g/mol. The van der Waals surface area contributed by atoms with Gasteiger partial charge in [-0.25, -0.2) is 0 Å². The van der Waals surface area contributed by atoms with Crippen LogP contribution in [-0.4, -0.2) is 35.0 Å². The van der Waals surface area contributed by atoms with Crippen molar-refractivity contribution in [1.29, 1.82) is 0 Å². The number of hydrogen-bond acceptors (Lipinski definition) is 6. The number of esters is 1. The molecule has 2 aromatic heterocycles. The first-order valence-electron chi connectivity index (χ1n) is 9.21. The molecule has 3 aromatic rings. The minimum absolute atomic E-state index is 0.0388. The van der Waals surface area contributed by atoms with E-state index in [1.807, 2.05) is 47.8 Å². The highest BCUT2D eigenvalue weighted by Crippen LogP contribution is 2.23. The molecule has 1 aliphatic rings. The van der Waals surface area contributed by atoms with E-state index < -0.39 is 0 Å². The molecule has 1 aromatic carbocycles. The summed E-state index contributed by atoms with van der Waals surface area (Å²) in [7, 11) is 0. The average molecular weight is 396 g/mol. The first kappa shape index (κ1) is 18.4. The number of ether oxygens (including phenoxy) is 1. The molecule has 1 saturated heterocycles. The Morgan fingerprint density at radius 2 is 1.93 bits per heavy atom. The molecule has 0 N–H and O–H groups in total. The van der Waals surface area contributed by atoms with Gasteiger partial charge in [0.05, 0.1) is 10.8 Å². The van der Waals surface area contributed by atoms with E-state index in [2.05, 4.69) is 5.16 Å². The largest absolute Gasteiger partial charge is 0.457 e. The molecule has 3 heterocycles. The van der Waals surface area contributed by atoms with E-state index in [1.54, 1.807) is 11.0 Å². The van der Waals surface area contributed by atoms with Gasteiger partial charge in [0.2, 0.25) is 0 Å². The van der Waals surface area contributed by atoms with Crippen molar-refractivity contribution in [3.05, 3.63) is 64.5 Å². The molecule has 1 fully saturated rings. The molecule has 1 aliphatic heterocycles. The zero-order chi connectivity index (χ0) is 19.3. The van der Waals surface area contributed by atoms with Crippen molar-refractivity contribution in [3.63, 3.8) is 0 Å². The van der Waals surface area contributed by atoms with E-state index in [1.165, 1.54) is 11.3 Å². The summed E-state index contributed by atoms with van der Waals surface area (Å²) in [4.78, 5) is 27.3. The number of thiophene rings is 1. The standard InChI is InChI=1S/C21H20N2O4S/c24-20(19-7-4-12-28-19)23-10-8-16(9-11-23)21(25)26-14-17-13-18(22-27-17)15-5-2-1-3-6-15/h1-7,12-13,16H,8-11,14H2. The van der Waals surface area contributed by atoms with Gasteiger partial charge in [-0.15, -0.1) is 11.3 Å². The van der Waals surface area contributed by atoms with Gasteiger partial charge < -0.3 is 14.2 Å². The Kier molecular flexibility index (Phi) is 5.53. The Hall–Kier alpha value is -2.93. The third-order valence-corrected chi connectivity index (χ3v) is 5.69. The molecule has 1 amide bonds. The number of nitrogens with zero attached hydrogens (tertiary/aromatic N) is 2. The summed E-state index contributed by atoms with van der Waals surface area (Å²) in [5.74, 6) is 0.110. The zero-order valence-electron chi connectivity index (χ0n) is 15.2. The highest BCUT2D eigenvalue weighted by Gasteiger charge is 2.29. The number of piperidine rings is 1. The van der Waals surface area contributed by atoms with Crippen LogP contribution in [0.5, 0.6) is 0 Å². The first-order valence-corrected chi connectivity index (χ1v) is 10.1. The van der Waals surface area contributed by atoms with Crippen LogP contribution in [0.25, 0.3) is 11.3 Å². The van der Waals surface area contributed by atoms with Crippen LogP contribution >= 0.6 is 11.3 Å². The lowest BCUT2D eigenvalue weighted by atomic mass is 9.97. The van der Waals surface area contributed by atoms with Crippen LogP contribution in [-0.2, 0) is 16.1 Å². The van der Waals surface area contributed by atoms with Gasteiger partial charge in [0.1, 0.15) is 5.69 Å². The highest BCUT2D eigenvalue weighted by molar-refractivity contribution is 7.12. The number of hydrogen-bond donors (Lipinski definition) is 0. The summed E-state index contributed by atoms with van der Waals surface area (Å²) in [6, 6.07) is 15.2. The van der Waals surface area contributed by atoms with E-state index in [-0.39, 0.29) is 24.4 Å². The van der Waals surface area contributed by atoms with Gasteiger partial charge in [0, 0.05) is 24.7 Å². The fourth-order valence-electron chi connectivity index (χ4n) is 3.26. The SMILES string of the molecule is O=C(OCc1cc(-c2ccccc2)no1)C1CCN(C(=O)c2cccs2)CC1. The number of rotatable bonds is 5. The van der Waals surface area contributed by atoms with E-state index >= 15 is 0 Å². The molecule has 28 heavy (non-hydrogen) atoms. The van der Waals surface area contributed by atoms with Crippen LogP contribution in [0.4, 0.5) is 0 Å². The quantitative estimate of drug-likeness (QED) is 0.610. The normalized spacial score (nSPS) is 14.8. The smallest absolute Gasteiger partial charge is 0.309 e. The summed E-state index contributed by atoms with van der Waals surface area (Å²) >= 11 is 1.44. The Morgan fingerprint density at radius 1 is 1.14 bits per heavy atom. The molecule has 0 radical (unpaired) electrons. The van der Waals surface area contributed by atoms with Crippen molar-refractivity contribution in [1.82, 2.24) is 10.1 Å². The Labute approximate surface area is 166 Å². The maximum atomic E-state index is 12.4. The minimum Gasteiger partial charge on any atom is -0.457 e. The lowest BCUT2D eigenvalue weighted by Gasteiger charge is -2.30. The van der Waals surface area contributed by atoms with Gasteiger partial charge in [-0.2, -0.15) is 0 Å². The second-order valence-corrected chi connectivity index (χ2v) is 7.64. The van der Waals surface area contributed by atoms with Gasteiger partial charge in [-0.3, -0.25) is 9.59 Å². The van der Waals surface area contributed by atoms with E-state index in [0.717, 1.165) is 10.4 Å². The number of benzene rings is 1. The van der Waals surface area contributed by atoms with Crippen molar-refractivity contribution < 1.29 is 18.8 Å². The summed E-state index contributed by atoms with van der Waals surface area (Å²) in [6.45, 7) is 1.20. The van der Waals surface area contributed by atoms with Gasteiger partial charge in [0.15, 0.2) is 12.4 Å². The van der Waals surface area contributed by atoms with Crippen molar-refractivity contribution in [2.24, 2.45) is 5.92 Å². The fourth-order valence-corrected chi connectivity index (χ4v) is 3.95. The lowest BCUT2D eigenvalue weighted by molar-refractivity contribution is -0.152. The zero-order valence-corrected chi connectivity index (χ0v) is 16.1. The van der Waals surface area contributed by atoms with Gasteiger partial charge in [0.25, 0.3) is 5.91 Å². The van der Waals surface area contributed by atoms with Crippen molar-refractivity contribution in [2.45, 2.75) is 19.4 Å². The van der Waals surface area contributed by atoms with E-state index in [0.29, 0.717) is 37.4 Å². The maximum Gasteiger partial charge on any atom is 0.309 e. The molecule has 7 heteroatoms. The second-order valence-electron chi connectivity index (χ2n) is 6.70. The molecular formula is C21H20N2O4S. The van der Waals surface area contributed by atoms with E-state index in [4.69, 9.17) is 9.26 Å². The van der Waals surface area contributed by atoms with Crippen molar-refractivity contribution in [3.8, 4) is 11.3 Å². The third kappa shape index (κ3) is 4.14. The molecule has 0 spiro atoms. The summed E-state index contributed by atoms with van der Waals surface area (Å²) < 4.78 is 10.7. The number of amides is 1.